The number of unbranched alkanes of at least 4 members (excludes halogenated alkanes) is 22. The molecule has 0 spiro atoms. The van der Waals surface area contributed by atoms with E-state index in [4.69, 9.17) is 0 Å². The minimum absolute atomic E-state index is 0.210. The molecule has 3 saturated heterocycles. The second-order valence-corrected chi connectivity index (χ2v) is 31.9. The van der Waals surface area contributed by atoms with E-state index in [0.29, 0.717) is 43.2 Å². The van der Waals surface area contributed by atoms with E-state index >= 15 is 0 Å². The molecule has 3 fully saturated rings. The van der Waals surface area contributed by atoms with Gasteiger partial charge in [0.15, 0.2) is 0 Å². The molecule has 3 aliphatic heterocycles. The van der Waals surface area contributed by atoms with Crippen LogP contribution in [0.5, 0.6) is 0 Å². The fourth-order valence-electron chi connectivity index (χ4n) is 15.8. The molecule has 3 amide bonds. The minimum Gasteiger partial charge on any atom is -0.356 e. The number of amides is 3. The lowest BCUT2D eigenvalue weighted by atomic mass is 9.87. The van der Waals surface area contributed by atoms with Gasteiger partial charge in [-0.3, -0.25) is 14.4 Å². The van der Waals surface area contributed by atoms with Crippen LogP contribution < -0.4 is 37.2 Å². The molecule has 0 aromatic rings. The van der Waals surface area contributed by atoms with Gasteiger partial charge in [-0.05, 0) is 262 Å². The van der Waals surface area contributed by atoms with Crippen LogP contribution in [-0.4, -0.2) is 238 Å². The largest absolute Gasteiger partial charge is 0.356 e. The van der Waals surface area contributed by atoms with Crippen LogP contribution in [0.3, 0.4) is 0 Å². The first kappa shape index (κ1) is 90.2. The number of hydrogen-bond acceptors (Lipinski definition) is 13. The van der Waals surface area contributed by atoms with Gasteiger partial charge in [0.25, 0.3) is 0 Å². The van der Waals surface area contributed by atoms with Crippen molar-refractivity contribution in [2.75, 3.05) is 173 Å². The van der Waals surface area contributed by atoms with Gasteiger partial charge in [-0.15, -0.1) is 0 Å². The van der Waals surface area contributed by atoms with Crippen LogP contribution >= 0.6 is 0 Å². The highest BCUT2D eigenvalue weighted by Crippen LogP contribution is 2.28. The summed E-state index contributed by atoms with van der Waals surface area (Å²) in [6, 6.07) is 0.841. The summed E-state index contributed by atoms with van der Waals surface area (Å²) in [4.78, 5) is 55.3. The maximum Gasteiger partial charge on any atom is 0.221 e. The van der Waals surface area contributed by atoms with Gasteiger partial charge < -0.3 is 66.6 Å². The lowest BCUT2D eigenvalue weighted by Gasteiger charge is -2.32. The summed E-state index contributed by atoms with van der Waals surface area (Å²) >= 11 is 0. The molecule has 0 radical (unpaired) electrons. The zero-order valence-corrected chi connectivity index (χ0v) is 66.2. The third-order valence-corrected chi connectivity index (χ3v) is 22.4. The summed E-state index contributed by atoms with van der Waals surface area (Å²) in [5, 5.41) is 24.7. The number of carbonyl (C=O) groups is 3. The Labute approximate surface area is 607 Å². The molecule has 7 N–H and O–H groups in total. The quantitative estimate of drug-likeness (QED) is 0.0298. The van der Waals surface area contributed by atoms with Gasteiger partial charge in [-0.2, -0.15) is 0 Å². The van der Waals surface area contributed by atoms with E-state index in [1.807, 2.05) is 0 Å². The van der Waals surface area contributed by atoms with Crippen molar-refractivity contribution < 1.29 is 14.4 Å². The molecular formula is C82H167N13O3. The van der Waals surface area contributed by atoms with Gasteiger partial charge >= 0.3 is 0 Å². The van der Waals surface area contributed by atoms with Crippen LogP contribution in [0.25, 0.3) is 0 Å². The molecule has 0 saturated carbocycles. The van der Waals surface area contributed by atoms with Gasteiger partial charge in [-0.25, -0.2) is 0 Å². The zero-order valence-electron chi connectivity index (χ0n) is 66.2. The zero-order chi connectivity index (χ0) is 70.4. The molecule has 0 aromatic heterocycles. The molecule has 0 aromatic carbocycles. The van der Waals surface area contributed by atoms with Crippen molar-refractivity contribution in [1.82, 2.24) is 66.6 Å². The summed E-state index contributed by atoms with van der Waals surface area (Å²) in [7, 11) is 13.6. The molecule has 0 bridgehead atoms. The van der Waals surface area contributed by atoms with E-state index in [2.05, 4.69) is 116 Å². The first-order valence-corrected chi connectivity index (χ1v) is 42.7. The standard InChI is InChI=1S/C82H167N13O3/c1-8-9-10-11-12-18-25-30-47-76(71-79-74-82(98)89-59-42-65-91(3)61-34-36-63-93(5)67-44-69-95(79)7)48-31-26-20-15-13-14-19-23-28-45-75(70-77-72-80(96)87-57-40-55-85-53-38-51-83-50-37-52-84-54-39-56-86-77)46-29-24-21-16-17-22-27-32-49-78-73-81(97)88-58-41-64-90(2)60-33-35-62-92(4)66-43-68-94(78)6/h75-79,83-86H,8-74H2,1-7H3,(H,87,96)(H,88,97)(H,89,98). The highest BCUT2D eigenvalue weighted by molar-refractivity contribution is 5.77. The van der Waals surface area contributed by atoms with E-state index in [1.165, 1.54) is 225 Å². The van der Waals surface area contributed by atoms with E-state index < -0.39 is 0 Å². The second kappa shape index (κ2) is 64.6. The Morgan fingerprint density at radius 2 is 0.612 bits per heavy atom. The van der Waals surface area contributed by atoms with Crippen molar-refractivity contribution >= 4 is 17.7 Å². The van der Waals surface area contributed by atoms with Crippen molar-refractivity contribution in [2.45, 2.75) is 327 Å². The number of nitrogens with one attached hydrogen (secondary N) is 7. The predicted molar refractivity (Wildman–Crippen MR) is 422 cm³/mol. The summed E-state index contributed by atoms with van der Waals surface area (Å²) in [5.74, 6) is 2.03. The lowest BCUT2D eigenvalue weighted by Crippen LogP contribution is -2.40. The molecule has 3 rings (SSSR count). The highest BCUT2D eigenvalue weighted by atomic mass is 16.2. The molecule has 578 valence electrons. The Bertz CT molecular complexity index is 1800. The first-order chi connectivity index (χ1) is 47.9. The minimum atomic E-state index is 0.210. The highest BCUT2D eigenvalue weighted by Gasteiger charge is 2.25. The van der Waals surface area contributed by atoms with Crippen molar-refractivity contribution in [2.24, 2.45) is 11.8 Å². The smallest absolute Gasteiger partial charge is 0.221 e. The van der Waals surface area contributed by atoms with Gasteiger partial charge in [0.05, 0.1) is 0 Å². The van der Waals surface area contributed by atoms with E-state index in [0.717, 1.165) is 188 Å². The van der Waals surface area contributed by atoms with Gasteiger partial charge in [0.2, 0.25) is 17.7 Å². The second-order valence-electron chi connectivity index (χ2n) is 31.9. The topological polar surface area (TPSA) is 155 Å². The van der Waals surface area contributed by atoms with Crippen LogP contribution in [-0.2, 0) is 14.4 Å². The normalized spacial score (nSPS) is 23.1. The van der Waals surface area contributed by atoms with Crippen molar-refractivity contribution in [1.29, 1.82) is 0 Å². The fraction of sp³-hybridized carbons (Fsp3) is 0.963. The Kier molecular flexibility index (Phi) is 59.5. The average molecular weight is 1380 g/mol. The fourth-order valence-corrected chi connectivity index (χ4v) is 15.8. The molecule has 3 heterocycles. The lowest BCUT2D eigenvalue weighted by molar-refractivity contribution is -0.123. The molecule has 5 unspecified atom stereocenters. The summed E-state index contributed by atoms with van der Waals surface area (Å²) < 4.78 is 0. The average Bonchev–Trinajstić information content (AvgIpc) is 1.14. The first-order valence-electron chi connectivity index (χ1n) is 42.7. The molecule has 5 atom stereocenters. The van der Waals surface area contributed by atoms with Crippen LogP contribution in [0, 0.1) is 11.8 Å². The van der Waals surface area contributed by atoms with Crippen LogP contribution in [0.4, 0.5) is 0 Å². The van der Waals surface area contributed by atoms with Crippen molar-refractivity contribution in [3.8, 4) is 0 Å². The van der Waals surface area contributed by atoms with Crippen LogP contribution in [0.2, 0.25) is 0 Å². The Balaban J connectivity index is 1.52. The Morgan fingerprint density at radius 3 is 1.03 bits per heavy atom. The Hall–Kier alpha value is -1.99. The van der Waals surface area contributed by atoms with Crippen LogP contribution in [0.15, 0.2) is 0 Å². The third kappa shape index (κ3) is 53.7. The molecule has 3 aliphatic rings. The van der Waals surface area contributed by atoms with Crippen LogP contribution in [0.1, 0.15) is 309 Å². The number of rotatable bonds is 36. The van der Waals surface area contributed by atoms with E-state index in [1.54, 1.807) is 0 Å². The van der Waals surface area contributed by atoms with Crippen molar-refractivity contribution in [3.05, 3.63) is 0 Å². The van der Waals surface area contributed by atoms with E-state index in [-0.39, 0.29) is 23.8 Å². The number of nitrogens with zero attached hydrogens (tertiary/aromatic N) is 6. The molecule has 16 nitrogen and oxygen atoms in total. The van der Waals surface area contributed by atoms with Crippen molar-refractivity contribution in [3.63, 3.8) is 0 Å². The summed E-state index contributed by atoms with van der Waals surface area (Å²) in [6.07, 6.45) is 57.4. The number of hydrogen-bond donors (Lipinski definition) is 7. The summed E-state index contributed by atoms with van der Waals surface area (Å²) in [5.41, 5.74) is 0. The number of carbonyl (C=O) groups excluding carboxylic acids is 3. The van der Waals surface area contributed by atoms with Gasteiger partial charge in [-0.1, -0.05) is 193 Å². The molecule has 0 aliphatic carbocycles. The van der Waals surface area contributed by atoms with Gasteiger partial charge in [0.1, 0.15) is 0 Å². The molecule has 98 heavy (non-hydrogen) atoms. The predicted octanol–water partition coefficient (Wildman–Crippen LogP) is 14.0. The van der Waals surface area contributed by atoms with E-state index in [9.17, 15) is 14.4 Å². The van der Waals surface area contributed by atoms with Gasteiger partial charge in [0, 0.05) is 57.0 Å². The maximum atomic E-state index is 13.6. The third-order valence-electron chi connectivity index (χ3n) is 22.4. The molecule has 16 heteroatoms. The SMILES string of the molecule is CCCCCCCCCCC(CCCCCCCCCCCC(CCCCCCCCCCC1CC(=O)NCCCN(C)CCCCN(C)CCCN1C)CC1CC(=O)NCCCNCCCNCCCNCCCN1)CC1CC(=O)NCCCN(C)CCCCN(C)CCCN1C. The Morgan fingerprint density at radius 1 is 0.306 bits per heavy atom. The maximum absolute atomic E-state index is 13.6. The summed E-state index contributed by atoms with van der Waals surface area (Å²) in [6.45, 7) is 22.8. The monoisotopic (exact) mass is 1380 g/mol. The molecular weight excluding hydrogens is 1210 g/mol.